The lowest BCUT2D eigenvalue weighted by Crippen LogP contribution is -2.47. The Kier molecular flexibility index (Phi) is 3.29. The summed E-state index contributed by atoms with van der Waals surface area (Å²) in [5.41, 5.74) is 2.89. The average Bonchev–Trinajstić information content (AvgIpc) is 3.35. The summed E-state index contributed by atoms with van der Waals surface area (Å²) >= 11 is 0. The second kappa shape index (κ2) is 5.78. The number of fused-ring (bicyclic) bond motifs is 5. The Bertz CT molecular complexity index is 1130. The maximum atomic E-state index is 13.7. The van der Waals surface area contributed by atoms with Crippen molar-refractivity contribution in [3.63, 3.8) is 0 Å². The van der Waals surface area contributed by atoms with Crippen LogP contribution in [0, 0.1) is 5.92 Å². The second-order valence-electron chi connectivity index (χ2n) is 7.74. The van der Waals surface area contributed by atoms with E-state index in [0.29, 0.717) is 12.1 Å². The lowest BCUT2D eigenvalue weighted by molar-refractivity contribution is -0.126. The molecule has 3 aromatic carbocycles. The van der Waals surface area contributed by atoms with Crippen molar-refractivity contribution in [2.75, 3.05) is 9.96 Å². The van der Waals surface area contributed by atoms with Crippen molar-refractivity contribution in [2.24, 2.45) is 5.92 Å². The zero-order chi connectivity index (χ0) is 19.6. The minimum Gasteiger partial charge on any atom is -0.273 e. The van der Waals surface area contributed by atoms with Crippen molar-refractivity contribution in [2.45, 2.75) is 18.1 Å². The third-order valence-electron chi connectivity index (χ3n) is 6.31. The predicted octanol–water partition coefficient (Wildman–Crippen LogP) is 3.45. The molecule has 2 saturated heterocycles. The van der Waals surface area contributed by atoms with Crippen molar-refractivity contribution in [3.05, 3.63) is 96.1 Å². The van der Waals surface area contributed by atoms with Crippen LogP contribution in [0.1, 0.15) is 11.1 Å². The summed E-state index contributed by atoms with van der Waals surface area (Å²) in [5, 5.41) is 1.82. The van der Waals surface area contributed by atoms with Crippen molar-refractivity contribution < 1.29 is 14.4 Å². The van der Waals surface area contributed by atoms with E-state index in [1.807, 2.05) is 71.8 Å². The molecule has 0 spiro atoms. The normalized spacial score (nSPS) is 27.2. The van der Waals surface area contributed by atoms with Crippen LogP contribution >= 0.6 is 0 Å². The molecule has 3 aliphatic rings. The minimum atomic E-state index is -0.823. The van der Waals surface area contributed by atoms with E-state index in [0.717, 1.165) is 16.8 Å². The summed E-state index contributed by atoms with van der Waals surface area (Å²) < 4.78 is 0. The van der Waals surface area contributed by atoms with Crippen LogP contribution in [0.25, 0.3) is 0 Å². The van der Waals surface area contributed by atoms with E-state index in [1.165, 1.54) is 4.90 Å². The Hall–Kier alpha value is -3.44. The molecule has 2 fully saturated rings. The number of amides is 2. The van der Waals surface area contributed by atoms with E-state index in [2.05, 4.69) is 6.07 Å². The largest absolute Gasteiger partial charge is 0.273 e. The Labute approximate surface area is 168 Å². The number of carbonyl (C=O) groups is 2. The van der Waals surface area contributed by atoms with Gasteiger partial charge in [0.25, 0.3) is 5.91 Å². The molecule has 5 heteroatoms. The molecular formula is C24H18N2O3. The van der Waals surface area contributed by atoms with Gasteiger partial charge in [0.1, 0.15) is 11.5 Å². The fraction of sp³-hybridized carbons (Fsp3) is 0.167. The quantitative estimate of drug-likeness (QED) is 0.637. The van der Waals surface area contributed by atoms with Gasteiger partial charge in [0.15, 0.2) is 6.10 Å². The number of anilines is 2. The molecule has 0 bridgehead atoms. The standard InChI is InChI=1S/C24H18N2O3/c27-22-20-21(23(28)25(22)18-12-5-2-6-13-18)29-26-19-14-8-7-9-16(19)15-24(20,26)17-10-3-1-4-11-17/h1-14,20-21H,15H2/t20-,21+,24-/m0/s1. The number of hydrogen-bond acceptors (Lipinski definition) is 4. The SMILES string of the molecule is O=C1[C@@H]2[C@@H](ON3c4ccccc4C[C@]23c2ccccc2)C(=O)N1c1ccccc1. The van der Waals surface area contributed by atoms with Gasteiger partial charge in [0.05, 0.1) is 11.4 Å². The maximum absolute atomic E-state index is 13.7. The number of rotatable bonds is 2. The Morgan fingerprint density at radius 1 is 0.793 bits per heavy atom. The van der Waals surface area contributed by atoms with Crippen LogP contribution in [0.2, 0.25) is 0 Å². The summed E-state index contributed by atoms with van der Waals surface area (Å²) in [4.78, 5) is 34.5. The number of hydrogen-bond donors (Lipinski definition) is 0. The molecule has 3 atom stereocenters. The summed E-state index contributed by atoms with van der Waals surface area (Å²) in [6.45, 7) is 0. The van der Waals surface area contributed by atoms with Gasteiger partial charge in [-0.1, -0.05) is 66.7 Å². The molecule has 0 radical (unpaired) electrons. The number of benzene rings is 3. The van der Waals surface area contributed by atoms with Crippen LogP contribution in [-0.4, -0.2) is 17.9 Å². The first-order valence-electron chi connectivity index (χ1n) is 9.75. The Balaban J connectivity index is 1.54. The van der Waals surface area contributed by atoms with Crippen molar-refractivity contribution >= 4 is 23.2 Å². The molecule has 3 aromatic rings. The topological polar surface area (TPSA) is 49.9 Å². The highest BCUT2D eigenvalue weighted by molar-refractivity contribution is 6.24. The zero-order valence-electron chi connectivity index (χ0n) is 15.6. The van der Waals surface area contributed by atoms with Crippen molar-refractivity contribution in [1.29, 1.82) is 0 Å². The van der Waals surface area contributed by atoms with E-state index >= 15 is 0 Å². The molecule has 29 heavy (non-hydrogen) atoms. The van der Waals surface area contributed by atoms with Gasteiger partial charge in [-0.2, -0.15) is 0 Å². The van der Waals surface area contributed by atoms with E-state index in [9.17, 15) is 9.59 Å². The molecule has 2 amide bonds. The van der Waals surface area contributed by atoms with Crippen molar-refractivity contribution in [1.82, 2.24) is 0 Å². The van der Waals surface area contributed by atoms with E-state index in [4.69, 9.17) is 4.84 Å². The van der Waals surface area contributed by atoms with Crippen molar-refractivity contribution in [3.8, 4) is 0 Å². The van der Waals surface area contributed by atoms with Gasteiger partial charge in [-0.15, -0.1) is 0 Å². The summed E-state index contributed by atoms with van der Waals surface area (Å²) in [5.74, 6) is -1.11. The molecule has 5 nitrogen and oxygen atoms in total. The number of nitrogens with zero attached hydrogens (tertiary/aromatic N) is 2. The molecular weight excluding hydrogens is 364 g/mol. The van der Waals surface area contributed by atoms with Gasteiger partial charge in [-0.3, -0.25) is 14.4 Å². The minimum absolute atomic E-state index is 0.203. The molecule has 0 aromatic heterocycles. The summed E-state index contributed by atoms with van der Waals surface area (Å²) in [6, 6.07) is 27.0. The zero-order valence-corrected chi connectivity index (χ0v) is 15.6. The lowest BCUT2D eigenvalue weighted by Gasteiger charge is -2.35. The van der Waals surface area contributed by atoms with Gasteiger partial charge < -0.3 is 0 Å². The first-order valence-corrected chi connectivity index (χ1v) is 9.75. The smallest absolute Gasteiger partial charge is 0.266 e. The van der Waals surface area contributed by atoms with Crippen LogP contribution in [0.15, 0.2) is 84.9 Å². The Morgan fingerprint density at radius 2 is 1.45 bits per heavy atom. The molecule has 0 saturated carbocycles. The highest BCUT2D eigenvalue weighted by Crippen LogP contribution is 2.57. The number of hydroxylamine groups is 1. The fourth-order valence-electron chi connectivity index (χ4n) is 5.10. The first-order chi connectivity index (χ1) is 14.2. The number of imide groups is 1. The van der Waals surface area contributed by atoms with Gasteiger partial charge in [-0.05, 0) is 29.3 Å². The fourth-order valence-corrected chi connectivity index (χ4v) is 5.10. The molecule has 142 valence electrons. The van der Waals surface area contributed by atoms with Crippen LogP contribution in [0.3, 0.4) is 0 Å². The Morgan fingerprint density at radius 3 is 2.21 bits per heavy atom. The van der Waals surface area contributed by atoms with E-state index in [1.54, 1.807) is 12.1 Å². The lowest BCUT2D eigenvalue weighted by atomic mass is 9.75. The summed E-state index contributed by atoms with van der Waals surface area (Å²) in [6.07, 6.45) is -0.202. The van der Waals surface area contributed by atoms with Gasteiger partial charge >= 0.3 is 0 Å². The van der Waals surface area contributed by atoms with Crippen LogP contribution in [-0.2, 0) is 26.4 Å². The average molecular weight is 382 g/mol. The highest BCUT2D eigenvalue weighted by atomic mass is 16.7. The van der Waals surface area contributed by atoms with E-state index in [-0.39, 0.29) is 11.8 Å². The molecule has 3 heterocycles. The summed E-state index contributed by atoms with van der Waals surface area (Å²) in [7, 11) is 0. The molecule has 0 N–H and O–H groups in total. The van der Waals surface area contributed by atoms with Gasteiger partial charge in [-0.25, -0.2) is 9.96 Å². The third kappa shape index (κ3) is 2.03. The third-order valence-corrected chi connectivity index (χ3v) is 6.31. The molecule has 0 unspecified atom stereocenters. The second-order valence-corrected chi connectivity index (χ2v) is 7.74. The molecule has 3 aliphatic heterocycles. The molecule has 6 rings (SSSR count). The van der Waals surface area contributed by atoms with Gasteiger partial charge in [0, 0.05) is 6.42 Å². The number of carbonyl (C=O) groups excluding carboxylic acids is 2. The van der Waals surface area contributed by atoms with Gasteiger partial charge in [0.2, 0.25) is 5.91 Å². The van der Waals surface area contributed by atoms with E-state index < -0.39 is 17.6 Å². The monoisotopic (exact) mass is 382 g/mol. The maximum Gasteiger partial charge on any atom is 0.266 e. The highest BCUT2D eigenvalue weighted by Gasteiger charge is 2.69. The van der Waals surface area contributed by atoms with Crippen LogP contribution in [0.4, 0.5) is 11.4 Å². The van der Waals surface area contributed by atoms with Crippen LogP contribution in [0.5, 0.6) is 0 Å². The van der Waals surface area contributed by atoms with Crippen LogP contribution < -0.4 is 9.96 Å². The first kappa shape index (κ1) is 16.5. The molecule has 0 aliphatic carbocycles. The number of para-hydroxylation sites is 2. The predicted molar refractivity (Wildman–Crippen MR) is 108 cm³/mol.